The molecule has 5 heteroatoms. The molecule has 1 heterocycles. The largest absolute Gasteiger partial charge is 0.307 e. The Balaban J connectivity index is 2.25. The van der Waals surface area contributed by atoms with E-state index in [2.05, 4.69) is 32.9 Å². The van der Waals surface area contributed by atoms with Gasteiger partial charge in [-0.3, -0.25) is 0 Å². The monoisotopic (exact) mass is 396 g/mol. The van der Waals surface area contributed by atoms with Crippen molar-refractivity contribution in [1.29, 1.82) is 10.5 Å². The number of nitrogens with zero attached hydrogens (tertiary/aromatic N) is 4. The van der Waals surface area contributed by atoms with E-state index < -0.39 is 0 Å². The highest BCUT2D eigenvalue weighted by Crippen LogP contribution is 2.37. The fourth-order valence-corrected chi connectivity index (χ4v) is 3.77. The van der Waals surface area contributed by atoms with Crippen molar-refractivity contribution in [3.8, 4) is 17.8 Å². The van der Waals surface area contributed by atoms with Crippen LogP contribution in [0.25, 0.3) is 32.3 Å². The number of hydrogen-bond acceptors (Lipinski definition) is 2. The van der Waals surface area contributed by atoms with Crippen LogP contribution in [0.15, 0.2) is 59.1 Å². The summed E-state index contributed by atoms with van der Waals surface area (Å²) >= 11 is 3.56. The van der Waals surface area contributed by atoms with E-state index in [4.69, 9.17) is 6.57 Å². The van der Waals surface area contributed by atoms with Crippen LogP contribution >= 0.6 is 15.9 Å². The molecule has 0 unspecified atom stereocenters. The molecule has 1 aromatic heterocycles. The van der Waals surface area contributed by atoms with Crippen molar-refractivity contribution in [3.63, 3.8) is 0 Å². The Morgan fingerprint density at radius 3 is 2.35 bits per heavy atom. The number of rotatable bonds is 1. The Bertz CT molecular complexity index is 1260. The maximum atomic E-state index is 9.58. The third kappa shape index (κ3) is 2.25. The summed E-state index contributed by atoms with van der Waals surface area (Å²) in [5, 5.41) is 20.6. The molecular weight excluding hydrogens is 388 g/mol. The standard InChI is InChI=1S/C21H9BrN4/c1-25-15-6-8-20-17(10-15)16-9-13(11-23)5-7-19(16)26(20)21-14(12-24)3-2-4-18(21)22/h2-10H. The Morgan fingerprint density at radius 1 is 0.923 bits per heavy atom. The van der Waals surface area contributed by atoms with Crippen molar-refractivity contribution >= 4 is 43.4 Å². The van der Waals surface area contributed by atoms with Gasteiger partial charge in [-0.05, 0) is 63.8 Å². The molecule has 0 spiro atoms. The zero-order valence-electron chi connectivity index (χ0n) is 13.4. The van der Waals surface area contributed by atoms with Gasteiger partial charge in [0.05, 0.1) is 40.5 Å². The molecule has 0 bridgehead atoms. The van der Waals surface area contributed by atoms with Gasteiger partial charge >= 0.3 is 0 Å². The molecule has 4 rings (SSSR count). The molecular formula is C21H9BrN4. The summed E-state index contributed by atoms with van der Waals surface area (Å²) in [7, 11) is 0. The summed E-state index contributed by atoms with van der Waals surface area (Å²) in [6.45, 7) is 7.29. The average Bonchev–Trinajstić information content (AvgIpc) is 3.00. The van der Waals surface area contributed by atoms with Crippen molar-refractivity contribution < 1.29 is 0 Å². The van der Waals surface area contributed by atoms with Crippen molar-refractivity contribution in [2.75, 3.05) is 0 Å². The lowest BCUT2D eigenvalue weighted by molar-refractivity contribution is 1.15. The van der Waals surface area contributed by atoms with Crippen LogP contribution in [0.3, 0.4) is 0 Å². The molecule has 120 valence electrons. The highest BCUT2D eigenvalue weighted by atomic mass is 79.9. The number of nitriles is 2. The fourth-order valence-electron chi connectivity index (χ4n) is 3.22. The predicted molar refractivity (Wildman–Crippen MR) is 104 cm³/mol. The van der Waals surface area contributed by atoms with Crippen molar-refractivity contribution in [1.82, 2.24) is 4.57 Å². The van der Waals surface area contributed by atoms with Crippen LogP contribution in [0.4, 0.5) is 5.69 Å². The molecule has 26 heavy (non-hydrogen) atoms. The zero-order chi connectivity index (χ0) is 18.3. The first-order valence-electron chi connectivity index (χ1n) is 7.72. The van der Waals surface area contributed by atoms with Crippen molar-refractivity contribution in [3.05, 3.63) is 81.6 Å². The van der Waals surface area contributed by atoms with Gasteiger partial charge in [0.1, 0.15) is 6.07 Å². The van der Waals surface area contributed by atoms with E-state index >= 15 is 0 Å². The van der Waals surface area contributed by atoms with Gasteiger partial charge in [-0.25, -0.2) is 4.85 Å². The Hall–Kier alpha value is -3.59. The Kier molecular flexibility index (Phi) is 3.70. The molecule has 0 aliphatic heterocycles. The Morgan fingerprint density at radius 2 is 1.65 bits per heavy atom. The lowest BCUT2D eigenvalue weighted by Crippen LogP contribution is -1.98. The summed E-state index contributed by atoms with van der Waals surface area (Å²) < 4.78 is 2.80. The SMILES string of the molecule is [C-]#[N+]c1ccc2c(c1)c1cc(C#N)ccc1n2-c1c(Br)cccc1C#N. The van der Waals surface area contributed by atoms with Crippen LogP contribution in [0.1, 0.15) is 11.1 Å². The van der Waals surface area contributed by atoms with Gasteiger partial charge in [0, 0.05) is 9.86 Å². The highest BCUT2D eigenvalue weighted by molar-refractivity contribution is 9.10. The van der Waals surface area contributed by atoms with Gasteiger partial charge < -0.3 is 4.57 Å². The molecule has 4 nitrogen and oxygen atoms in total. The number of benzene rings is 3. The molecule has 0 N–H and O–H groups in total. The number of aromatic nitrogens is 1. The topological polar surface area (TPSA) is 56.9 Å². The second-order valence-corrected chi connectivity index (χ2v) is 6.59. The highest BCUT2D eigenvalue weighted by Gasteiger charge is 2.17. The first kappa shape index (κ1) is 15.9. The first-order valence-corrected chi connectivity index (χ1v) is 8.52. The summed E-state index contributed by atoms with van der Waals surface area (Å²) in [6.07, 6.45) is 0. The van der Waals surface area contributed by atoms with E-state index in [9.17, 15) is 10.5 Å². The predicted octanol–water partition coefficient (Wildman–Crippen LogP) is 5.84. The number of para-hydroxylation sites is 1. The minimum atomic E-state index is 0.534. The maximum absolute atomic E-state index is 9.58. The van der Waals surface area contributed by atoms with Gasteiger partial charge in [-0.1, -0.05) is 12.1 Å². The second kappa shape index (κ2) is 6.05. The van der Waals surface area contributed by atoms with Gasteiger partial charge in [0.2, 0.25) is 0 Å². The molecule has 0 radical (unpaired) electrons. The van der Waals surface area contributed by atoms with E-state index in [0.717, 1.165) is 32.0 Å². The number of hydrogen-bond donors (Lipinski definition) is 0. The second-order valence-electron chi connectivity index (χ2n) is 5.74. The fraction of sp³-hybridized carbons (Fsp3) is 0. The minimum absolute atomic E-state index is 0.534. The summed E-state index contributed by atoms with van der Waals surface area (Å²) in [4.78, 5) is 3.52. The van der Waals surface area contributed by atoms with Gasteiger partial charge in [0.25, 0.3) is 0 Å². The minimum Gasteiger partial charge on any atom is -0.307 e. The number of fused-ring (bicyclic) bond motifs is 3. The average molecular weight is 397 g/mol. The van der Waals surface area contributed by atoms with E-state index in [1.165, 1.54) is 0 Å². The molecule has 3 aromatic carbocycles. The summed E-state index contributed by atoms with van der Waals surface area (Å²) in [5.41, 5.74) is 4.13. The van der Waals surface area contributed by atoms with Crippen LogP contribution in [0, 0.1) is 29.2 Å². The molecule has 0 aliphatic carbocycles. The smallest absolute Gasteiger partial charge is 0.188 e. The Labute approximate surface area is 158 Å². The molecule has 0 amide bonds. The molecule has 0 saturated heterocycles. The van der Waals surface area contributed by atoms with Gasteiger partial charge in [-0.15, -0.1) is 0 Å². The maximum Gasteiger partial charge on any atom is 0.188 e. The zero-order valence-corrected chi connectivity index (χ0v) is 14.9. The van der Waals surface area contributed by atoms with E-state index in [1.807, 2.05) is 41.0 Å². The van der Waals surface area contributed by atoms with Crippen LogP contribution in [-0.2, 0) is 0 Å². The molecule has 0 aliphatic rings. The summed E-state index contributed by atoms with van der Waals surface area (Å²) in [6, 6.07) is 20.8. The van der Waals surface area contributed by atoms with Gasteiger partial charge in [-0.2, -0.15) is 10.5 Å². The van der Waals surface area contributed by atoms with E-state index in [1.54, 1.807) is 18.2 Å². The van der Waals surface area contributed by atoms with Crippen LogP contribution in [-0.4, -0.2) is 4.57 Å². The lowest BCUT2D eigenvalue weighted by Gasteiger charge is -2.12. The lowest BCUT2D eigenvalue weighted by atomic mass is 10.1. The van der Waals surface area contributed by atoms with Crippen LogP contribution in [0.2, 0.25) is 0 Å². The summed E-state index contributed by atoms with van der Waals surface area (Å²) in [5.74, 6) is 0. The number of halogens is 1. The molecule has 0 fully saturated rings. The van der Waals surface area contributed by atoms with Crippen LogP contribution in [0.5, 0.6) is 0 Å². The van der Waals surface area contributed by atoms with E-state index in [0.29, 0.717) is 16.8 Å². The third-order valence-corrected chi connectivity index (χ3v) is 4.98. The van der Waals surface area contributed by atoms with Gasteiger partial charge in [0.15, 0.2) is 5.69 Å². The first-order chi connectivity index (χ1) is 12.7. The van der Waals surface area contributed by atoms with Crippen molar-refractivity contribution in [2.45, 2.75) is 0 Å². The van der Waals surface area contributed by atoms with E-state index in [-0.39, 0.29) is 0 Å². The molecule has 0 saturated carbocycles. The normalized spacial score (nSPS) is 10.4. The molecule has 0 atom stereocenters. The van der Waals surface area contributed by atoms with Crippen LogP contribution < -0.4 is 0 Å². The third-order valence-electron chi connectivity index (χ3n) is 4.34. The quantitative estimate of drug-likeness (QED) is 0.379. The molecule has 4 aromatic rings. The van der Waals surface area contributed by atoms with Crippen molar-refractivity contribution in [2.24, 2.45) is 0 Å².